The smallest absolute Gasteiger partial charge is 0.341 e. The maximum Gasteiger partial charge on any atom is 0.341 e. The van der Waals surface area contributed by atoms with Crippen molar-refractivity contribution in [2.45, 2.75) is 0 Å². The molecule has 0 spiro atoms. The fraction of sp³-hybridized carbons (Fsp3) is 0.0769. The number of halogens is 2. The lowest BCUT2D eigenvalue weighted by atomic mass is 10.2. The number of aromatic nitrogens is 1. The third kappa shape index (κ3) is 2.67. The van der Waals surface area contributed by atoms with E-state index in [1.54, 1.807) is 6.07 Å². The molecule has 6 heteroatoms. The van der Waals surface area contributed by atoms with Gasteiger partial charge < -0.3 is 10.1 Å². The molecule has 0 unspecified atom stereocenters. The summed E-state index contributed by atoms with van der Waals surface area (Å²) < 4.78 is 31.2. The van der Waals surface area contributed by atoms with Crippen molar-refractivity contribution < 1.29 is 18.3 Å². The Morgan fingerprint density at radius 2 is 2.05 bits per heavy atom. The minimum atomic E-state index is -1.04. The number of carbonyl (C=O) groups excluding carboxylic acids is 1. The first-order valence-corrected chi connectivity index (χ1v) is 5.38. The van der Waals surface area contributed by atoms with Crippen LogP contribution in [0.2, 0.25) is 0 Å². The van der Waals surface area contributed by atoms with Crippen molar-refractivity contribution in [3.05, 3.63) is 53.7 Å². The number of hydrogen-bond acceptors (Lipinski definition) is 4. The van der Waals surface area contributed by atoms with E-state index < -0.39 is 17.6 Å². The summed E-state index contributed by atoms with van der Waals surface area (Å²) in [5.41, 5.74) is 0.0255. The van der Waals surface area contributed by atoms with Crippen LogP contribution in [0.25, 0.3) is 0 Å². The molecule has 0 aliphatic rings. The standard InChI is InChI=1S/C13H10F2N2O2/c1-19-13(18)8-4-3-7-16-12(8)17-10-6-2-5-9(14)11(10)15/h2-7H,1H3,(H,16,17). The zero-order valence-electron chi connectivity index (χ0n) is 9.98. The highest BCUT2D eigenvalue weighted by Gasteiger charge is 2.15. The third-order valence-electron chi connectivity index (χ3n) is 2.42. The summed E-state index contributed by atoms with van der Waals surface area (Å²) in [4.78, 5) is 15.4. The molecule has 0 aliphatic heterocycles. The molecule has 1 aromatic heterocycles. The molecule has 98 valence electrons. The fourth-order valence-corrected chi connectivity index (χ4v) is 1.51. The van der Waals surface area contributed by atoms with Crippen LogP contribution in [0.4, 0.5) is 20.3 Å². The van der Waals surface area contributed by atoms with Crippen molar-refractivity contribution in [2.75, 3.05) is 12.4 Å². The Balaban J connectivity index is 2.39. The van der Waals surface area contributed by atoms with Crippen LogP contribution in [0.5, 0.6) is 0 Å². The zero-order chi connectivity index (χ0) is 13.8. The van der Waals surface area contributed by atoms with Crippen LogP contribution in [-0.4, -0.2) is 18.1 Å². The van der Waals surface area contributed by atoms with Gasteiger partial charge in [-0.2, -0.15) is 0 Å². The Morgan fingerprint density at radius 1 is 1.26 bits per heavy atom. The predicted octanol–water partition coefficient (Wildman–Crippen LogP) is 2.89. The van der Waals surface area contributed by atoms with E-state index in [4.69, 9.17) is 0 Å². The minimum absolute atomic E-state index is 0.0962. The summed E-state index contributed by atoms with van der Waals surface area (Å²) in [6, 6.07) is 6.70. The number of rotatable bonds is 3. The SMILES string of the molecule is COC(=O)c1cccnc1Nc1cccc(F)c1F. The molecule has 0 saturated heterocycles. The number of nitrogens with zero attached hydrogens (tertiary/aromatic N) is 1. The number of benzene rings is 1. The van der Waals surface area contributed by atoms with Crippen molar-refractivity contribution in [3.8, 4) is 0 Å². The molecule has 0 saturated carbocycles. The highest BCUT2D eigenvalue weighted by Crippen LogP contribution is 2.23. The summed E-state index contributed by atoms with van der Waals surface area (Å²) in [5, 5.41) is 2.57. The molecule has 2 rings (SSSR count). The average molecular weight is 264 g/mol. The van der Waals surface area contributed by atoms with Gasteiger partial charge in [0.1, 0.15) is 11.4 Å². The Labute approximate surface area is 108 Å². The van der Waals surface area contributed by atoms with E-state index >= 15 is 0 Å². The molecule has 0 atom stereocenters. The van der Waals surface area contributed by atoms with Crippen LogP contribution in [0.1, 0.15) is 10.4 Å². The Bertz CT molecular complexity index is 617. The Morgan fingerprint density at radius 3 is 2.79 bits per heavy atom. The highest BCUT2D eigenvalue weighted by atomic mass is 19.2. The number of ether oxygens (including phenoxy) is 1. The van der Waals surface area contributed by atoms with E-state index in [0.29, 0.717) is 0 Å². The van der Waals surface area contributed by atoms with E-state index in [1.807, 2.05) is 0 Å². The minimum Gasteiger partial charge on any atom is -0.465 e. The molecule has 0 amide bonds. The fourth-order valence-electron chi connectivity index (χ4n) is 1.51. The number of methoxy groups -OCH3 is 1. The van der Waals surface area contributed by atoms with E-state index in [2.05, 4.69) is 15.0 Å². The maximum atomic E-state index is 13.5. The maximum absolute atomic E-state index is 13.5. The van der Waals surface area contributed by atoms with Gasteiger partial charge in [0, 0.05) is 6.20 Å². The lowest BCUT2D eigenvalue weighted by molar-refractivity contribution is 0.0601. The molecule has 19 heavy (non-hydrogen) atoms. The molecule has 1 N–H and O–H groups in total. The largest absolute Gasteiger partial charge is 0.465 e. The normalized spacial score (nSPS) is 10.1. The van der Waals surface area contributed by atoms with E-state index in [-0.39, 0.29) is 17.1 Å². The average Bonchev–Trinajstić information content (AvgIpc) is 2.43. The lowest BCUT2D eigenvalue weighted by Gasteiger charge is -2.10. The van der Waals surface area contributed by atoms with Crippen molar-refractivity contribution in [1.82, 2.24) is 4.98 Å². The Hall–Kier alpha value is -2.50. The molecule has 0 aliphatic carbocycles. The monoisotopic (exact) mass is 264 g/mol. The number of hydrogen-bond donors (Lipinski definition) is 1. The topological polar surface area (TPSA) is 51.2 Å². The second kappa shape index (κ2) is 5.43. The van der Waals surface area contributed by atoms with Gasteiger partial charge in [0.15, 0.2) is 11.6 Å². The molecular formula is C13H10F2N2O2. The first-order chi connectivity index (χ1) is 9.13. The summed E-state index contributed by atoms with van der Waals surface area (Å²) in [6.45, 7) is 0. The van der Waals surface area contributed by atoms with E-state index in [0.717, 1.165) is 6.07 Å². The van der Waals surface area contributed by atoms with Crippen molar-refractivity contribution >= 4 is 17.5 Å². The first-order valence-electron chi connectivity index (χ1n) is 5.38. The number of esters is 1. The van der Waals surface area contributed by atoms with Gasteiger partial charge >= 0.3 is 5.97 Å². The van der Waals surface area contributed by atoms with Gasteiger partial charge in [-0.25, -0.2) is 18.6 Å². The molecule has 2 aromatic rings. The van der Waals surface area contributed by atoms with Gasteiger partial charge in [-0.15, -0.1) is 0 Å². The third-order valence-corrected chi connectivity index (χ3v) is 2.42. The van der Waals surface area contributed by atoms with Crippen molar-refractivity contribution in [2.24, 2.45) is 0 Å². The van der Waals surface area contributed by atoms with Gasteiger partial charge in [0.2, 0.25) is 0 Å². The molecular weight excluding hydrogens is 254 g/mol. The molecule has 4 nitrogen and oxygen atoms in total. The van der Waals surface area contributed by atoms with Crippen LogP contribution in [-0.2, 0) is 4.74 Å². The predicted molar refractivity (Wildman–Crippen MR) is 65.2 cm³/mol. The molecule has 1 heterocycles. The summed E-state index contributed by atoms with van der Waals surface area (Å²) in [6.07, 6.45) is 1.42. The van der Waals surface area contributed by atoms with Gasteiger partial charge in [-0.1, -0.05) is 6.07 Å². The Kier molecular flexibility index (Phi) is 3.70. The van der Waals surface area contributed by atoms with Crippen LogP contribution in [0, 0.1) is 11.6 Å². The van der Waals surface area contributed by atoms with Crippen LogP contribution >= 0.6 is 0 Å². The van der Waals surface area contributed by atoms with Gasteiger partial charge in [-0.3, -0.25) is 0 Å². The summed E-state index contributed by atoms with van der Waals surface area (Å²) >= 11 is 0. The summed E-state index contributed by atoms with van der Waals surface area (Å²) in [7, 11) is 1.22. The number of pyridine rings is 1. The van der Waals surface area contributed by atoms with Gasteiger partial charge in [0.05, 0.1) is 12.8 Å². The van der Waals surface area contributed by atoms with Crippen molar-refractivity contribution in [3.63, 3.8) is 0 Å². The van der Waals surface area contributed by atoms with Crippen LogP contribution in [0.15, 0.2) is 36.5 Å². The number of nitrogens with one attached hydrogen (secondary N) is 1. The molecule has 0 bridgehead atoms. The van der Waals surface area contributed by atoms with Crippen LogP contribution in [0.3, 0.4) is 0 Å². The lowest BCUT2D eigenvalue weighted by Crippen LogP contribution is -2.08. The molecule has 0 fully saturated rings. The number of carbonyl (C=O) groups is 1. The van der Waals surface area contributed by atoms with Crippen LogP contribution < -0.4 is 5.32 Å². The number of anilines is 2. The van der Waals surface area contributed by atoms with E-state index in [1.165, 1.54) is 31.5 Å². The van der Waals surface area contributed by atoms with Gasteiger partial charge in [-0.05, 0) is 24.3 Å². The zero-order valence-corrected chi connectivity index (χ0v) is 9.98. The second-order valence-electron chi connectivity index (χ2n) is 3.62. The quantitative estimate of drug-likeness (QED) is 0.866. The van der Waals surface area contributed by atoms with Gasteiger partial charge in [0.25, 0.3) is 0 Å². The summed E-state index contributed by atoms with van der Waals surface area (Å²) in [5.74, 6) is -2.55. The molecule has 1 aromatic carbocycles. The second-order valence-corrected chi connectivity index (χ2v) is 3.62. The highest BCUT2D eigenvalue weighted by molar-refractivity contribution is 5.95. The van der Waals surface area contributed by atoms with Crippen molar-refractivity contribution in [1.29, 1.82) is 0 Å². The first kappa shape index (κ1) is 12.9. The van der Waals surface area contributed by atoms with E-state index in [9.17, 15) is 13.6 Å². The molecule has 0 radical (unpaired) electrons.